The van der Waals surface area contributed by atoms with Crippen LogP contribution in [-0.2, 0) is 30.9 Å². The topological polar surface area (TPSA) is 30.7 Å². The molecule has 6 aromatic rings. The van der Waals surface area contributed by atoms with E-state index in [9.17, 15) is 0 Å². The van der Waals surface area contributed by atoms with Crippen molar-refractivity contribution in [2.24, 2.45) is 0 Å². The molecule has 0 unspecified atom stereocenters. The van der Waals surface area contributed by atoms with Crippen LogP contribution in [0.2, 0.25) is 0 Å². The van der Waals surface area contributed by atoms with Crippen LogP contribution < -0.4 is 0 Å². The first-order valence-electron chi connectivity index (χ1n) is 16.2. The van der Waals surface area contributed by atoms with Crippen molar-refractivity contribution in [3.63, 3.8) is 0 Å². The standard InChI is InChI=1S/C43H44N3.Ir/c1-28-23-34(24-29(2)40(28)46-41(44-30(3)45-46)33-13-11-10-12-14-33)37-26-35(31-15-19-38(20-16-31)42(4,5)6)25-36(27-37)32-17-21-39(22-18-32)43(7,8)9;/h10-13,15-27H,1-9H3;/q-1;. The van der Waals surface area contributed by atoms with Crippen LogP contribution >= 0.6 is 0 Å². The number of aryl methyl sites for hydroxylation is 3. The molecule has 1 heterocycles. The maximum absolute atomic E-state index is 4.82. The molecule has 0 aliphatic rings. The quantitative estimate of drug-likeness (QED) is 0.163. The Balaban J connectivity index is 0.00000433. The fourth-order valence-corrected chi connectivity index (χ4v) is 6.19. The predicted molar refractivity (Wildman–Crippen MR) is 194 cm³/mol. The van der Waals surface area contributed by atoms with Crippen molar-refractivity contribution in [2.75, 3.05) is 0 Å². The van der Waals surface area contributed by atoms with Crippen molar-refractivity contribution >= 4 is 0 Å². The average Bonchev–Trinajstić information content (AvgIpc) is 3.41. The van der Waals surface area contributed by atoms with Crippen LogP contribution in [-0.4, -0.2) is 14.8 Å². The fourth-order valence-electron chi connectivity index (χ4n) is 6.19. The van der Waals surface area contributed by atoms with Gasteiger partial charge < -0.3 is 0 Å². The van der Waals surface area contributed by atoms with Gasteiger partial charge in [-0.25, -0.2) is 0 Å². The first-order valence-corrected chi connectivity index (χ1v) is 16.2. The van der Waals surface area contributed by atoms with Crippen LogP contribution in [0.25, 0.3) is 50.5 Å². The van der Waals surface area contributed by atoms with E-state index in [0.717, 1.165) is 34.0 Å². The summed E-state index contributed by atoms with van der Waals surface area (Å²) >= 11 is 0. The molecule has 241 valence electrons. The van der Waals surface area contributed by atoms with Crippen molar-refractivity contribution in [1.29, 1.82) is 0 Å². The van der Waals surface area contributed by atoms with E-state index in [4.69, 9.17) is 10.1 Å². The van der Waals surface area contributed by atoms with E-state index in [-0.39, 0.29) is 30.9 Å². The second kappa shape index (κ2) is 13.2. The van der Waals surface area contributed by atoms with E-state index < -0.39 is 0 Å². The molecule has 47 heavy (non-hydrogen) atoms. The Hall–Kier alpha value is -4.11. The molecule has 0 spiro atoms. The van der Waals surface area contributed by atoms with Gasteiger partial charge in [-0.1, -0.05) is 90.1 Å². The van der Waals surface area contributed by atoms with Crippen molar-refractivity contribution < 1.29 is 20.1 Å². The number of benzene rings is 5. The minimum Gasteiger partial charge on any atom is -0.262 e. The van der Waals surface area contributed by atoms with Gasteiger partial charge in [0.1, 0.15) is 5.82 Å². The van der Waals surface area contributed by atoms with Gasteiger partial charge in [0.05, 0.1) is 11.5 Å². The van der Waals surface area contributed by atoms with Crippen molar-refractivity contribution in [3.05, 3.63) is 137 Å². The molecule has 4 heteroatoms. The van der Waals surface area contributed by atoms with E-state index in [1.807, 2.05) is 35.9 Å². The van der Waals surface area contributed by atoms with Gasteiger partial charge in [0.25, 0.3) is 0 Å². The van der Waals surface area contributed by atoms with Gasteiger partial charge in [0, 0.05) is 20.1 Å². The molecule has 0 saturated carbocycles. The van der Waals surface area contributed by atoms with E-state index in [1.54, 1.807) is 0 Å². The largest absolute Gasteiger partial charge is 0.262 e. The number of hydrogen-bond acceptors (Lipinski definition) is 2. The summed E-state index contributed by atoms with van der Waals surface area (Å²) in [6.45, 7) is 19.9. The van der Waals surface area contributed by atoms with E-state index >= 15 is 0 Å². The third kappa shape index (κ3) is 7.25. The summed E-state index contributed by atoms with van der Waals surface area (Å²) in [4.78, 5) is 4.77. The number of hydrogen-bond donors (Lipinski definition) is 0. The predicted octanol–water partition coefficient (Wildman–Crippen LogP) is 11.3. The summed E-state index contributed by atoms with van der Waals surface area (Å²) in [6, 6.07) is 41.0. The van der Waals surface area contributed by atoms with Crippen LogP contribution in [0.5, 0.6) is 0 Å². The zero-order chi connectivity index (χ0) is 32.8. The molecule has 1 aromatic heterocycles. The van der Waals surface area contributed by atoms with Gasteiger partial charge in [0.2, 0.25) is 0 Å². The Bertz CT molecular complexity index is 1910. The van der Waals surface area contributed by atoms with Gasteiger partial charge in [-0.2, -0.15) is 5.10 Å². The maximum atomic E-state index is 4.82. The normalized spacial score (nSPS) is 11.8. The second-order valence-electron chi connectivity index (χ2n) is 14.6. The van der Waals surface area contributed by atoms with E-state index in [0.29, 0.717) is 0 Å². The molecule has 1 radical (unpaired) electrons. The van der Waals surface area contributed by atoms with Crippen molar-refractivity contribution in [2.45, 2.75) is 73.1 Å². The van der Waals surface area contributed by atoms with E-state index in [2.05, 4.69) is 140 Å². The molecular formula is C43H44IrN3-. The summed E-state index contributed by atoms with van der Waals surface area (Å²) in [5, 5.41) is 4.82. The SMILES string of the molecule is Cc1nc(-c2[c-]cccc2)n(-c2c(C)cc(-c3cc(-c4ccc(C(C)(C)C)cc4)cc(-c4ccc(C(C)(C)C)cc4)c3)cc2C)n1.[Ir]. The molecule has 0 amide bonds. The zero-order valence-corrected chi connectivity index (χ0v) is 31.4. The van der Waals surface area contributed by atoms with Crippen molar-refractivity contribution in [3.8, 4) is 50.5 Å². The average molecular weight is 795 g/mol. The fraction of sp³-hybridized carbons (Fsp3) is 0.256. The van der Waals surface area contributed by atoms with Crippen LogP contribution in [0.15, 0.2) is 103 Å². The monoisotopic (exact) mass is 795 g/mol. The summed E-state index contributed by atoms with van der Waals surface area (Å²) in [6.07, 6.45) is 0. The smallest absolute Gasteiger partial charge is 0.137 e. The minimum absolute atomic E-state index is 0. The number of aromatic nitrogens is 3. The summed E-state index contributed by atoms with van der Waals surface area (Å²) in [7, 11) is 0. The Morgan fingerprint density at radius 2 is 1.00 bits per heavy atom. The molecule has 6 rings (SSSR count). The minimum atomic E-state index is 0. The number of rotatable bonds is 5. The third-order valence-corrected chi connectivity index (χ3v) is 8.80. The van der Waals surface area contributed by atoms with Crippen LogP contribution in [0.3, 0.4) is 0 Å². The third-order valence-electron chi connectivity index (χ3n) is 8.80. The molecule has 0 bridgehead atoms. The number of nitrogens with zero attached hydrogens (tertiary/aromatic N) is 3. The molecule has 0 aliphatic heterocycles. The van der Waals surface area contributed by atoms with Crippen LogP contribution in [0.1, 0.15) is 69.6 Å². The molecular weight excluding hydrogens is 751 g/mol. The first kappa shape index (κ1) is 34.2. The molecule has 0 aliphatic carbocycles. The summed E-state index contributed by atoms with van der Waals surface area (Å²) in [5.74, 6) is 1.54. The molecule has 0 atom stereocenters. The van der Waals surface area contributed by atoms with Crippen LogP contribution in [0, 0.1) is 26.8 Å². The molecule has 0 saturated heterocycles. The van der Waals surface area contributed by atoms with Gasteiger partial charge in [-0.05, 0) is 118 Å². The first-order chi connectivity index (χ1) is 21.8. The van der Waals surface area contributed by atoms with Gasteiger partial charge >= 0.3 is 0 Å². The van der Waals surface area contributed by atoms with Gasteiger partial charge in [-0.3, -0.25) is 9.67 Å². The van der Waals surface area contributed by atoms with Crippen molar-refractivity contribution in [1.82, 2.24) is 14.8 Å². The molecule has 5 aromatic carbocycles. The van der Waals surface area contributed by atoms with Crippen LogP contribution in [0.4, 0.5) is 0 Å². The Morgan fingerprint density at radius 1 is 0.553 bits per heavy atom. The Labute approximate surface area is 294 Å². The van der Waals surface area contributed by atoms with E-state index in [1.165, 1.54) is 44.5 Å². The summed E-state index contributed by atoms with van der Waals surface area (Å²) in [5.41, 5.74) is 14.4. The van der Waals surface area contributed by atoms with Gasteiger partial charge in [-0.15, -0.1) is 35.9 Å². The Kier molecular flexibility index (Phi) is 9.60. The van der Waals surface area contributed by atoms with Gasteiger partial charge in [0.15, 0.2) is 0 Å². The molecule has 0 fully saturated rings. The summed E-state index contributed by atoms with van der Waals surface area (Å²) < 4.78 is 1.98. The molecule has 3 nitrogen and oxygen atoms in total. The molecule has 0 N–H and O–H groups in total. The Morgan fingerprint density at radius 3 is 1.43 bits per heavy atom. The maximum Gasteiger partial charge on any atom is 0.137 e. The zero-order valence-electron chi connectivity index (χ0n) is 29.0. The second-order valence-corrected chi connectivity index (χ2v) is 14.6.